The number of aliphatic carboxylic acids is 2. The summed E-state index contributed by atoms with van der Waals surface area (Å²) in [7, 11) is 0. The molecule has 306 valence electrons. The van der Waals surface area contributed by atoms with Gasteiger partial charge in [-0.15, -0.1) is 0 Å². The van der Waals surface area contributed by atoms with Crippen molar-refractivity contribution in [1.82, 2.24) is 36.4 Å². The Kier molecular flexibility index (Phi) is 16.3. The summed E-state index contributed by atoms with van der Waals surface area (Å²) in [5.41, 5.74) is 9.03. The van der Waals surface area contributed by atoms with E-state index in [9.17, 15) is 63.3 Å². The molecular weight excluding hydrogens is 730 g/mol. The van der Waals surface area contributed by atoms with Crippen molar-refractivity contribution < 1.29 is 69.0 Å². The monoisotopic (exact) mass is 782 g/mol. The third-order valence-corrected chi connectivity index (χ3v) is 9.67. The Morgan fingerprint density at radius 2 is 1.18 bits per heavy atom. The summed E-state index contributed by atoms with van der Waals surface area (Å²) in [4.78, 5) is 134. The van der Waals surface area contributed by atoms with Gasteiger partial charge in [-0.05, 0) is 58.3 Å². The Morgan fingerprint density at radius 3 is 1.76 bits per heavy atom. The number of nitrogens with two attached hydrogens (primary N) is 1. The molecule has 0 radical (unpaired) electrons. The van der Waals surface area contributed by atoms with Crippen molar-refractivity contribution in [3.8, 4) is 0 Å². The van der Waals surface area contributed by atoms with Gasteiger partial charge in [-0.25, -0.2) is 0 Å². The van der Waals surface area contributed by atoms with E-state index in [1.54, 1.807) is 0 Å². The van der Waals surface area contributed by atoms with E-state index in [0.29, 0.717) is 32.2 Å². The fraction of sp³-hybridized carbons (Fsp3) is 0.697. The topological polar surface area (TPSA) is 352 Å². The number of nitrogens with zero attached hydrogens (tertiary/aromatic N) is 2. The number of carbonyl (C=O) groups is 10. The van der Waals surface area contributed by atoms with Crippen LogP contribution in [0.4, 0.5) is 0 Å². The number of fused-ring (bicyclic) bond motifs is 2. The highest BCUT2D eigenvalue weighted by Gasteiger charge is 2.45. The number of aliphatic hydroxyl groups excluding tert-OH is 1. The predicted octanol–water partition coefficient (Wildman–Crippen LogP) is -5.59. The highest BCUT2D eigenvalue weighted by molar-refractivity contribution is 6.00. The Labute approximate surface area is 315 Å². The first-order valence-corrected chi connectivity index (χ1v) is 18.3. The van der Waals surface area contributed by atoms with Crippen molar-refractivity contribution in [3.63, 3.8) is 0 Å². The van der Waals surface area contributed by atoms with E-state index in [1.165, 1.54) is 4.90 Å². The van der Waals surface area contributed by atoms with Crippen LogP contribution in [0.3, 0.4) is 0 Å². The first-order valence-electron chi connectivity index (χ1n) is 18.3. The highest BCUT2D eigenvalue weighted by Crippen LogP contribution is 2.26. The molecule has 55 heavy (non-hydrogen) atoms. The van der Waals surface area contributed by atoms with Crippen LogP contribution in [0.25, 0.3) is 0 Å². The molecular formula is C33H52N9O13+. The van der Waals surface area contributed by atoms with E-state index in [4.69, 9.17) is 5.73 Å². The van der Waals surface area contributed by atoms with Gasteiger partial charge in [0, 0.05) is 19.5 Å². The van der Waals surface area contributed by atoms with Gasteiger partial charge >= 0.3 is 11.9 Å². The van der Waals surface area contributed by atoms with Crippen LogP contribution in [0.5, 0.6) is 0 Å². The van der Waals surface area contributed by atoms with Crippen molar-refractivity contribution in [1.29, 1.82) is 0 Å². The van der Waals surface area contributed by atoms with Crippen molar-refractivity contribution in [2.45, 2.75) is 126 Å². The fourth-order valence-corrected chi connectivity index (χ4v) is 6.82. The minimum absolute atomic E-state index is 0.00329. The van der Waals surface area contributed by atoms with Gasteiger partial charge < -0.3 is 63.2 Å². The second kappa shape index (κ2) is 20.3. The summed E-state index contributed by atoms with van der Waals surface area (Å²) in [5, 5.41) is 41.4. The van der Waals surface area contributed by atoms with Gasteiger partial charge in [0.25, 0.3) is 0 Å². The molecule has 8 atom stereocenters. The Balaban J connectivity index is 2.12. The summed E-state index contributed by atoms with van der Waals surface area (Å²) < 4.78 is 0. The third-order valence-electron chi connectivity index (χ3n) is 9.67. The van der Waals surface area contributed by atoms with Gasteiger partial charge in [0.15, 0.2) is 0 Å². The molecule has 3 saturated heterocycles. The van der Waals surface area contributed by atoms with Gasteiger partial charge in [-0.3, -0.25) is 47.9 Å². The third kappa shape index (κ3) is 12.3. The molecule has 0 aromatic carbocycles. The second-order valence-electron chi connectivity index (χ2n) is 13.9. The van der Waals surface area contributed by atoms with Crippen molar-refractivity contribution in [2.24, 2.45) is 5.73 Å². The fourth-order valence-electron chi connectivity index (χ4n) is 6.82. The van der Waals surface area contributed by atoms with Gasteiger partial charge in [0.2, 0.25) is 47.3 Å². The smallest absolute Gasteiger partial charge is 0.305 e. The molecule has 0 unspecified atom stereocenters. The molecule has 3 aliphatic heterocycles. The van der Waals surface area contributed by atoms with Crippen LogP contribution in [0.2, 0.25) is 0 Å². The largest absolute Gasteiger partial charge is 0.481 e. The zero-order valence-electron chi connectivity index (χ0n) is 30.6. The zero-order chi connectivity index (χ0) is 41.0. The summed E-state index contributed by atoms with van der Waals surface area (Å²) in [6, 6.07) is -10.7. The number of primary amides is 1. The molecule has 22 heteroatoms. The number of rotatable bonds is 12. The molecule has 3 heterocycles. The summed E-state index contributed by atoms with van der Waals surface area (Å²) >= 11 is 0. The predicted molar refractivity (Wildman–Crippen MR) is 185 cm³/mol. The summed E-state index contributed by atoms with van der Waals surface area (Å²) in [6.45, 7) is 1.78. The van der Waals surface area contributed by atoms with Crippen molar-refractivity contribution in [2.75, 3.05) is 19.6 Å². The Hall–Kier alpha value is -5.38. The number of aliphatic hydroxyl groups is 1. The molecule has 0 saturated carbocycles. The first-order chi connectivity index (χ1) is 25.9. The number of unbranched alkanes of at least 4 members (excludes halogenated alkanes) is 1. The zero-order valence-corrected chi connectivity index (χ0v) is 30.6. The van der Waals surface area contributed by atoms with E-state index in [0.717, 1.165) is 11.8 Å². The molecule has 0 spiro atoms. The second-order valence-corrected chi connectivity index (χ2v) is 13.9. The van der Waals surface area contributed by atoms with E-state index in [1.807, 2.05) is 0 Å². The minimum atomic E-state index is -1.94. The van der Waals surface area contributed by atoms with E-state index < -0.39 is 133 Å². The lowest BCUT2D eigenvalue weighted by atomic mass is 10.0. The number of quaternary nitrogens is 1. The van der Waals surface area contributed by atoms with Crippen LogP contribution >= 0.6 is 0 Å². The SMILES string of the molecule is C[C@@H](O)[C@H]1NC(=O)[C@H](CCCC[NH3+])NC(=O)[C@H]2CCCN2C(=O)[C@@H]2CCCN2C(=O)[C@H](CC(=O)O)NC(=O)[C@H](CCC(N)=O)NC(=O)[C@@H](CC(=O)O)NC1=O. The molecule has 8 amide bonds. The van der Waals surface area contributed by atoms with Crippen LogP contribution in [0.15, 0.2) is 0 Å². The average molecular weight is 783 g/mol. The molecule has 3 rings (SSSR count). The van der Waals surface area contributed by atoms with Gasteiger partial charge in [0.05, 0.1) is 25.5 Å². The number of carboxylic acid groups (broad SMARTS) is 2. The maximum atomic E-state index is 14.0. The number of carbonyl (C=O) groups excluding carboxylic acids is 8. The number of hydrogen-bond acceptors (Lipinski definition) is 11. The molecule has 0 aromatic heterocycles. The lowest BCUT2D eigenvalue weighted by Gasteiger charge is -2.33. The minimum Gasteiger partial charge on any atom is -0.481 e. The maximum Gasteiger partial charge on any atom is 0.305 e. The molecule has 13 N–H and O–H groups in total. The molecule has 3 fully saturated rings. The van der Waals surface area contributed by atoms with E-state index in [-0.39, 0.29) is 32.4 Å². The summed E-state index contributed by atoms with van der Waals surface area (Å²) in [5.74, 6) is -10.8. The lowest BCUT2D eigenvalue weighted by Crippen LogP contribution is -2.61. The van der Waals surface area contributed by atoms with Gasteiger partial charge in [-0.2, -0.15) is 0 Å². The standard InChI is InChI=1S/C33H51N9O13/c1-16(43)26-31(53)38-19(14-24(45)46)29(51)36-18(9-10-23(35)44)27(49)39-20(15-25(47)48)32(54)42-13-5-8-22(42)33(55)41-12-4-7-21(41)30(52)37-17(28(50)40-26)6-2-3-11-34/h16-22,26,43H,2-15,34H2,1H3,(H2,35,44)(H,36,51)(H,37,52)(H,38,53)(H,39,49)(H,40,50)(H,45,46)(H,47,48)/p+1/t16-,17+,18+,19-,20+,21-,22+,26-/m1/s1. The van der Waals surface area contributed by atoms with Crippen LogP contribution in [-0.2, 0) is 47.9 Å². The Bertz CT molecular complexity index is 1510. The van der Waals surface area contributed by atoms with Crippen LogP contribution < -0.4 is 38.1 Å². The van der Waals surface area contributed by atoms with Crippen molar-refractivity contribution >= 4 is 59.2 Å². The van der Waals surface area contributed by atoms with Crippen LogP contribution in [0.1, 0.15) is 77.6 Å². The molecule has 0 aliphatic carbocycles. The van der Waals surface area contributed by atoms with Gasteiger partial charge in [-0.1, -0.05) is 0 Å². The Morgan fingerprint density at radius 1 is 0.691 bits per heavy atom. The summed E-state index contributed by atoms with van der Waals surface area (Å²) in [6.07, 6.45) is -2.52. The maximum absolute atomic E-state index is 14.0. The molecule has 22 nitrogen and oxygen atoms in total. The number of hydrogen-bond donors (Lipinski definition) is 10. The first kappa shape index (κ1) is 44.0. The molecule has 0 bridgehead atoms. The molecule has 0 aromatic rings. The molecule has 3 aliphatic rings. The van der Waals surface area contributed by atoms with E-state index >= 15 is 0 Å². The number of nitrogens with one attached hydrogen (secondary N) is 5. The van der Waals surface area contributed by atoms with Crippen molar-refractivity contribution in [3.05, 3.63) is 0 Å². The van der Waals surface area contributed by atoms with Gasteiger partial charge in [0.1, 0.15) is 42.3 Å². The highest BCUT2D eigenvalue weighted by atomic mass is 16.4. The average Bonchev–Trinajstić information content (AvgIpc) is 3.80. The van der Waals surface area contributed by atoms with E-state index in [2.05, 4.69) is 32.3 Å². The number of carboxylic acids is 2. The quantitative estimate of drug-likeness (QED) is 0.0827. The number of amides is 8. The van der Waals surface area contributed by atoms with Crippen LogP contribution in [0, 0.1) is 0 Å². The lowest BCUT2D eigenvalue weighted by molar-refractivity contribution is -0.368. The normalized spacial score (nSPS) is 28.1. The van der Waals surface area contributed by atoms with Crippen LogP contribution in [-0.4, -0.2) is 152 Å².